The molecule has 30 heavy (non-hydrogen) atoms. The molecule has 0 radical (unpaired) electrons. The van der Waals surface area contributed by atoms with Gasteiger partial charge in [-0.05, 0) is 37.3 Å². The molecule has 0 N–H and O–H groups in total. The molecule has 4 nitrogen and oxygen atoms in total. The number of benzene rings is 1. The highest BCUT2D eigenvalue weighted by atomic mass is 35.5. The van der Waals surface area contributed by atoms with Gasteiger partial charge in [-0.2, -0.15) is 0 Å². The molecule has 0 saturated heterocycles. The van der Waals surface area contributed by atoms with E-state index in [0.717, 1.165) is 33.4 Å². The summed E-state index contributed by atoms with van der Waals surface area (Å²) in [4.78, 5) is 13.5. The Labute approximate surface area is 190 Å². The topological polar surface area (TPSA) is 47.9 Å². The number of methoxy groups -OCH3 is 1. The van der Waals surface area contributed by atoms with Gasteiger partial charge in [-0.15, -0.1) is 11.6 Å². The van der Waals surface area contributed by atoms with Crippen LogP contribution in [0.3, 0.4) is 0 Å². The number of nitrogens with zero attached hydrogens (tertiary/aromatic N) is 3. The molecule has 1 atom stereocenters. The van der Waals surface area contributed by atoms with Gasteiger partial charge in [0.2, 0.25) is 0 Å². The molecule has 3 aromatic rings. The van der Waals surface area contributed by atoms with Gasteiger partial charge in [0.1, 0.15) is 5.76 Å². The molecule has 0 fully saturated rings. The first kappa shape index (κ1) is 21.2. The van der Waals surface area contributed by atoms with Gasteiger partial charge in [-0.25, -0.2) is 9.97 Å². The molecular formula is C23H21Cl2N3OS. The highest BCUT2D eigenvalue weighted by molar-refractivity contribution is 7.98. The highest BCUT2D eigenvalue weighted by Gasteiger charge is 2.35. The summed E-state index contributed by atoms with van der Waals surface area (Å²) in [6.07, 6.45) is 6.96. The van der Waals surface area contributed by atoms with E-state index < -0.39 is 4.87 Å². The quantitative estimate of drug-likeness (QED) is 0.258. The number of ether oxygens (including phenoxy) is 1. The van der Waals surface area contributed by atoms with Crippen molar-refractivity contribution in [2.24, 2.45) is 0 Å². The molecule has 1 aliphatic carbocycles. The standard InChI is InChI=1S/C23H21Cl2N3OS/c1-23(25)10-9-18(29-2)20(24)19(23)16-12-15-13-26-22(30-3)28-21(15)17(27-16)11-14-7-5-4-6-8-14/h4-9,12-13H,10-11H2,1-3H3. The maximum atomic E-state index is 6.88. The van der Waals surface area contributed by atoms with Crippen molar-refractivity contribution < 1.29 is 4.74 Å². The highest BCUT2D eigenvalue weighted by Crippen LogP contribution is 2.45. The predicted octanol–water partition coefficient (Wildman–Crippen LogP) is 6.22. The van der Waals surface area contributed by atoms with Crippen LogP contribution in [-0.2, 0) is 11.2 Å². The van der Waals surface area contributed by atoms with Crippen molar-refractivity contribution in [3.8, 4) is 0 Å². The Hall–Kier alpha value is -2.08. The Balaban J connectivity index is 1.94. The van der Waals surface area contributed by atoms with Gasteiger partial charge in [-0.3, -0.25) is 4.98 Å². The molecule has 0 aliphatic heterocycles. The van der Waals surface area contributed by atoms with Crippen LogP contribution in [0.2, 0.25) is 0 Å². The summed E-state index contributed by atoms with van der Waals surface area (Å²) in [6, 6.07) is 12.2. The van der Waals surface area contributed by atoms with Gasteiger partial charge >= 0.3 is 0 Å². The van der Waals surface area contributed by atoms with Crippen LogP contribution in [0, 0.1) is 0 Å². The zero-order valence-corrected chi connectivity index (χ0v) is 19.3. The van der Waals surface area contributed by atoms with Crippen LogP contribution >= 0.6 is 35.0 Å². The lowest BCUT2D eigenvalue weighted by molar-refractivity contribution is 0.301. The summed E-state index contributed by atoms with van der Waals surface area (Å²) >= 11 is 15.1. The predicted molar refractivity (Wildman–Crippen MR) is 125 cm³/mol. The first-order valence-electron chi connectivity index (χ1n) is 9.51. The Morgan fingerprint density at radius 1 is 1.20 bits per heavy atom. The van der Waals surface area contributed by atoms with E-state index in [2.05, 4.69) is 17.1 Å². The molecular weight excluding hydrogens is 437 g/mol. The van der Waals surface area contributed by atoms with Gasteiger partial charge in [-0.1, -0.05) is 53.7 Å². The zero-order chi connectivity index (χ0) is 21.3. The van der Waals surface area contributed by atoms with Crippen molar-refractivity contribution in [3.63, 3.8) is 0 Å². The molecule has 0 amide bonds. The van der Waals surface area contributed by atoms with Gasteiger partial charge in [0.25, 0.3) is 0 Å². The molecule has 154 valence electrons. The van der Waals surface area contributed by atoms with Crippen molar-refractivity contribution in [1.82, 2.24) is 15.0 Å². The van der Waals surface area contributed by atoms with Crippen LogP contribution in [0.1, 0.15) is 30.3 Å². The summed E-state index contributed by atoms with van der Waals surface area (Å²) in [7, 11) is 1.61. The number of halogens is 2. The maximum absolute atomic E-state index is 6.88. The molecule has 2 aromatic heterocycles. The van der Waals surface area contributed by atoms with Crippen molar-refractivity contribution >= 4 is 51.4 Å². The summed E-state index contributed by atoms with van der Waals surface area (Å²) in [6.45, 7) is 1.95. The number of pyridine rings is 1. The van der Waals surface area contributed by atoms with Crippen LogP contribution in [0.25, 0.3) is 16.5 Å². The van der Waals surface area contributed by atoms with Crippen molar-refractivity contribution in [3.05, 3.63) is 76.4 Å². The van der Waals surface area contributed by atoms with Gasteiger partial charge in [0.15, 0.2) is 5.16 Å². The number of thioether (sulfide) groups is 1. The lowest BCUT2D eigenvalue weighted by atomic mass is 9.88. The Morgan fingerprint density at radius 2 is 1.97 bits per heavy atom. The van der Waals surface area contributed by atoms with Crippen LogP contribution in [0.5, 0.6) is 0 Å². The molecule has 7 heteroatoms. The van der Waals surface area contributed by atoms with Crippen LogP contribution in [0.4, 0.5) is 0 Å². The Morgan fingerprint density at radius 3 is 2.67 bits per heavy atom. The minimum absolute atomic E-state index is 0.486. The second-order valence-electron chi connectivity index (χ2n) is 7.27. The van der Waals surface area contributed by atoms with Crippen LogP contribution in [0.15, 0.2) is 64.6 Å². The van der Waals surface area contributed by atoms with E-state index in [1.165, 1.54) is 11.8 Å². The molecule has 1 aliphatic rings. The molecule has 4 rings (SSSR count). The number of fused-ring (bicyclic) bond motifs is 1. The van der Waals surface area contributed by atoms with Gasteiger partial charge < -0.3 is 4.74 Å². The second-order valence-corrected chi connectivity index (χ2v) is 9.26. The number of hydrogen-bond acceptors (Lipinski definition) is 5. The Kier molecular flexibility index (Phi) is 6.05. The van der Waals surface area contributed by atoms with Crippen molar-refractivity contribution in [2.45, 2.75) is 29.8 Å². The second kappa shape index (κ2) is 8.58. The lowest BCUT2D eigenvalue weighted by Gasteiger charge is -2.30. The van der Waals surface area contributed by atoms with Crippen molar-refractivity contribution in [2.75, 3.05) is 13.4 Å². The number of rotatable bonds is 5. The van der Waals surface area contributed by atoms with Gasteiger partial charge in [0, 0.05) is 23.6 Å². The van der Waals surface area contributed by atoms with Crippen molar-refractivity contribution in [1.29, 1.82) is 0 Å². The van der Waals surface area contributed by atoms with E-state index in [1.807, 2.05) is 49.7 Å². The third kappa shape index (κ3) is 4.07. The van der Waals surface area contributed by atoms with Gasteiger partial charge in [0.05, 0.1) is 33.9 Å². The number of allylic oxidation sites excluding steroid dienone is 3. The first-order chi connectivity index (χ1) is 14.4. The number of alkyl halides is 1. The lowest BCUT2D eigenvalue weighted by Crippen LogP contribution is -2.24. The summed E-state index contributed by atoms with van der Waals surface area (Å²) in [5.41, 5.74) is 4.34. The van der Waals surface area contributed by atoms with E-state index in [0.29, 0.717) is 28.8 Å². The minimum atomic E-state index is -0.691. The van der Waals surface area contributed by atoms with E-state index >= 15 is 0 Å². The monoisotopic (exact) mass is 457 g/mol. The number of hydrogen-bond donors (Lipinski definition) is 0. The van der Waals surface area contributed by atoms with E-state index in [-0.39, 0.29) is 0 Å². The fraction of sp³-hybridized carbons (Fsp3) is 0.261. The molecule has 2 heterocycles. The third-order valence-electron chi connectivity index (χ3n) is 5.12. The van der Waals surface area contributed by atoms with E-state index in [9.17, 15) is 0 Å². The van der Waals surface area contributed by atoms with Crippen LogP contribution in [-0.4, -0.2) is 33.2 Å². The normalized spacial score (nSPS) is 19.2. The summed E-state index contributed by atoms with van der Waals surface area (Å²) in [5, 5.41) is 2.11. The first-order valence-corrected chi connectivity index (χ1v) is 11.5. The van der Waals surface area contributed by atoms with Crippen LogP contribution < -0.4 is 0 Å². The SMILES string of the molecule is COC1=CCC(C)(Cl)C(c2cc3cnc(SC)nc3c(Cc3ccccc3)n2)=C1Cl. The largest absolute Gasteiger partial charge is 0.496 e. The smallest absolute Gasteiger partial charge is 0.187 e. The maximum Gasteiger partial charge on any atom is 0.187 e. The average Bonchev–Trinajstić information content (AvgIpc) is 2.74. The van der Waals surface area contributed by atoms with E-state index in [4.69, 9.17) is 37.9 Å². The summed E-state index contributed by atoms with van der Waals surface area (Å²) in [5.74, 6) is 0.616. The fourth-order valence-electron chi connectivity index (χ4n) is 3.61. The minimum Gasteiger partial charge on any atom is -0.496 e. The Bertz CT molecular complexity index is 1160. The molecule has 1 aromatic carbocycles. The molecule has 0 saturated carbocycles. The number of aromatic nitrogens is 3. The zero-order valence-electron chi connectivity index (χ0n) is 16.9. The average molecular weight is 458 g/mol. The molecule has 1 unspecified atom stereocenters. The molecule has 0 spiro atoms. The third-order valence-corrected chi connectivity index (χ3v) is 6.40. The summed E-state index contributed by atoms with van der Waals surface area (Å²) < 4.78 is 5.45. The van der Waals surface area contributed by atoms with E-state index in [1.54, 1.807) is 7.11 Å². The fourth-order valence-corrected chi connectivity index (χ4v) is 4.73. The molecule has 0 bridgehead atoms.